The molecule has 2 aromatic rings. The summed E-state index contributed by atoms with van der Waals surface area (Å²) >= 11 is 0. The fourth-order valence-corrected chi connectivity index (χ4v) is 2.44. The lowest BCUT2D eigenvalue weighted by Gasteiger charge is -2.35. The molecule has 1 aliphatic heterocycles. The summed E-state index contributed by atoms with van der Waals surface area (Å²) in [5.41, 5.74) is -0.460. The molecule has 2 aromatic heterocycles. The molecule has 6 nitrogen and oxygen atoms in total. The largest absolute Gasteiger partial charge is 0.417 e. The van der Waals surface area contributed by atoms with Crippen LogP contribution in [-0.4, -0.2) is 41.1 Å². The molecule has 3 rings (SSSR count). The van der Waals surface area contributed by atoms with Gasteiger partial charge >= 0.3 is 6.18 Å². The average Bonchev–Trinajstić information content (AvgIpc) is 2.61. The smallest absolute Gasteiger partial charge is 0.353 e. The molecule has 3 heterocycles. The summed E-state index contributed by atoms with van der Waals surface area (Å²) in [5.74, 6) is 0.989. The van der Waals surface area contributed by atoms with Crippen LogP contribution in [0.5, 0.6) is 0 Å². The highest BCUT2D eigenvalue weighted by Gasteiger charge is 2.31. The van der Waals surface area contributed by atoms with E-state index in [9.17, 15) is 13.2 Å². The number of alkyl halides is 3. The first-order valence-corrected chi connectivity index (χ1v) is 7.23. The minimum Gasteiger partial charge on any atom is -0.353 e. The SMILES string of the molecule is N#Cc1ccnc(N2CCN(c3ccc(C(F)(F)F)cn3)CC2)n1. The second kappa shape index (κ2) is 6.31. The van der Waals surface area contributed by atoms with Crippen LogP contribution in [0, 0.1) is 11.3 Å². The Bertz CT molecular complexity index is 745. The highest BCUT2D eigenvalue weighted by Crippen LogP contribution is 2.29. The molecule has 1 aliphatic rings. The van der Waals surface area contributed by atoms with Gasteiger partial charge in [0.05, 0.1) is 5.56 Å². The van der Waals surface area contributed by atoms with Gasteiger partial charge in [0.25, 0.3) is 0 Å². The maximum atomic E-state index is 12.6. The van der Waals surface area contributed by atoms with Crippen molar-refractivity contribution >= 4 is 11.8 Å². The van der Waals surface area contributed by atoms with Crippen LogP contribution in [0.3, 0.4) is 0 Å². The van der Waals surface area contributed by atoms with Crippen molar-refractivity contribution in [3.8, 4) is 6.07 Å². The molecule has 0 aromatic carbocycles. The Morgan fingerprint density at radius 2 is 1.71 bits per heavy atom. The molecule has 0 atom stereocenters. The molecule has 0 saturated carbocycles. The quantitative estimate of drug-likeness (QED) is 0.838. The molecular weight excluding hydrogens is 321 g/mol. The van der Waals surface area contributed by atoms with Crippen molar-refractivity contribution in [2.45, 2.75) is 6.18 Å². The molecule has 9 heteroatoms. The van der Waals surface area contributed by atoms with Gasteiger partial charge in [-0.1, -0.05) is 0 Å². The molecule has 0 aliphatic carbocycles. The summed E-state index contributed by atoms with van der Waals surface area (Å²) in [4.78, 5) is 16.0. The van der Waals surface area contributed by atoms with Crippen LogP contribution < -0.4 is 9.80 Å². The van der Waals surface area contributed by atoms with E-state index in [2.05, 4.69) is 15.0 Å². The summed E-state index contributed by atoms with van der Waals surface area (Å²) in [6.07, 6.45) is -2.00. The third kappa shape index (κ3) is 3.37. The van der Waals surface area contributed by atoms with E-state index >= 15 is 0 Å². The Morgan fingerprint density at radius 3 is 2.29 bits per heavy atom. The lowest BCUT2D eigenvalue weighted by atomic mass is 10.2. The molecule has 0 amide bonds. The second-order valence-electron chi connectivity index (χ2n) is 5.23. The maximum absolute atomic E-state index is 12.6. The van der Waals surface area contributed by atoms with Gasteiger partial charge in [0, 0.05) is 38.6 Å². The molecule has 0 bridgehead atoms. The van der Waals surface area contributed by atoms with E-state index in [-0.39, 0.29) is 0 Å². The molecule has 0 radical (unpaired) electrons. The Labute approximate surface area is 136 Å². The van der Waals surface area contributed by atoms with Gasteiger partial charge in [-0.05, 0) is 18.2 Å². The molecule has 124 valence electrons. The number of hydrogen-bond donors (Lipinski definition) is 0. The summed E-state index contributed by atoms with van der Waals surface area (Å²) in [5, 5.41) is 8.88. The van der Waals surface area contributed by atoms with Crippen molar-refractivity contribution in [3.63, 3.8) is 0 Å². The number of anilines is 2. The molecule has 1 saturated heterocycles. The number of nitrogens with zero attached hydrogens (tertiary/aromatic N) is 6. The van der Waals surface area contributed by atoms with Gasteiger partial charge in [-0.15, -0.1) is 0 Å². The number of halogens is 3. The lowest BCUT2D eigenvalue weighted by Crippen LogP contribution is -2.47. The maximum Gasteiger partial charge on any atom is 0.417 e. The summed E-state index contributed by atoms with van der Waals surface area (Å²) < 4.78 is 37.7. The van der Waals surface area contributed by atoms with E-state index in [1.807, 2.05) is 15.9 Å². The van der Waals surface area contributed by atoms with Crippen LogP contribution >= 0.6 is 0 Å². The predicted octanol–water partition coefficient (Wildman–Crippen LogP) is 2.09. The molecule has 24 heavy (non-hydrogen) atoms. The Balaban J connectivity index is 1.65. The Kier molecular flexibility index (Phi) is 4.20. The van der Waals surface area contributed by atoms with E-state index < -0.39 is 11.7 Å². The summed E-state index contributed by atoms with van der Waals surface area (Å²) in [6, 6.07) is 5.92. The first kappa shape index (κ1) is 16.0. The van der Waals surface area contributed by atoms with Gasteiger partial charge in [-0.2, -0.15) is 18.4 Å². The molecule has 1 fully saturated rings. The lowest BCUT2D eigenvalue weighted by molar-refractivity contribution is -0.137. The predicted molar refractivity (Wildman–Crippen MR) is 80.4 cm³/mol. The van der Waals surface area contributed by atoms with Crippen LogP contribution in [0.4, 0.5) is 24.9 Å². The van der Waals surface area contributed by atoms with Crippen LogP contribution in [0.15, 0.2) is 30.6 Å². The number of nitriles is 1. The number of aromatic nitrogens is 3. The van der Waals surface area contributed by atoms with Gasteiger partial charge in [0.2, 0.25) is 5.95 Å². The first-order valence-electron chi connectivity index (χ1n) is 7.23. The van der Waals surface area contributed by atoms with Gasteiger partial charge in [-0.25, -0.2) is 15.0 Å². The fraction of sp³-hybridized carbons (Fsp3) is 0.333. The standard InChI is InChI=1S/C15H13F3N6/c16-15(17,18)11-1-2-13(21-10-11)23-5-7-24(8-6-23)14-20-4-3-12(9-19)22-14/h1-4,10H,5-8H2. The highest BCUT2D eigenvalue weighted by atomic mass is 19.4. The van der Waals surface area contributed by atoms with Crippen molar-refractivity contribution in [2.24, 2.45) is 0 Å². The Hall–Kier alpha value is -2.89. The van der Waals surface area contributed by atoms with Crippen LogP contribution in [0.1, 0.15) is 11.3 Å². The molecule has 0 unspecified atom stereocenters. The topological polar surface area (TPSA) is 68.9 Å². The molecular formula is C15H13F3N6. The van der Waals surface area contributed by atoms with Crippen molar-refractivity contribution < 1.29 is 13.2 Å². The van der Waals surface area contributed by atoms with Crippen LogP contribution in [0.25, 0.3) is 0 Å². The zero-order valence-electron chi connectivity index (χ0n) is 12.5. The zero-order valence-corrected chi connectivity index (χ0v) is 12.5. The normalized spacial score (nSPS) is 15.2. The van der Waals surface area contributed by atoms with E-state index in [0.29, 0.717) is 43.6 Å². The monoisotopic (exact) mass is 334 g/mol. The molecule has 0 N–H and O–H groups in total. The summed E-state index contributed by atoms with van der Waals surface area (Å²) in [6.45, 7) is 2.35. The zero-order chi connectivity index (χ0) is 17.2. The van der Waals surface area contributed by atoms with Gasteiger partial charge in [0.15, 0.2) is 0 Å². The van der Waals surface area contributed by atoms with Crippen molar-refractivity contribution in [1.82, 2.24) is 15.0 Å². The van der Waals surface area contributed by atoms with Crippen molar-refractivity contribution in [2.75, 3.05) is 36.0 Å². The van der Waals surface area contributed by atoms with E-state index in [1.54, 1.807) is 0 Å². The minimum atomic E-state index is -4.38. The number of hydrogen-bond acceptors (Lipinski definition) is 6. The van der Waals surface area contributed by atoms with Crippen molar-refractivity contribution in [3.05, 3.63) is 41.9 Å². The van der Waals surface area contributed by atoms with Gasteiger partial charge < -0.3 is 9.80 Å². The molecule has 0 spiro atoms. The highest BCUT2D eigenvalue weighted by molar-refractivity contribution is 5.43. The fourth-order valence-electron chi connectivity index (χ4n) is 2.44. The van der Waals surface area contributed by atoms with Gasteiger partial charge in [0.1, 0.15) is 17.6 Å². The third-order valence-corrected chi connectivity index (χ3v) is 3.72. The minimum absolute atomic E-state index is 0.298. The Morgan fingerprint density at radius 1 is 1.00 bits per heavy atom. The van der Waals surface area contributed by atoms with Crippen LogP contribution in [0.2, 0.25) is 0 Å². The van der Waals surface area contributed by atoms with Crippen molar-refractivity contribution in [1.29, 1.82) is 5.26 Å². The number of rotatable bonds is 2. The van der Waals surface area contributed by atoms with E-state index in [0.717, 1.165) is 12.3 Å². The number of piperazine rings is 1. The average molecular weight is 334 g/mol. The van der Waals surface area contributed by atoms with Crippen LogP contribution in [-0.2, 0) is 6.18 Å². The van der Waals surface area contributed by atoms with E-state index in [1.165, 1.54) is 18.3 Å². The van der Waals surface area contributed by atoms with E-state index in [4.69, 9.17) is 5.26 Å². The summed E-state index contributed by atoms with van der Waals surface area (Å²) in [7, 11) is 0. The number of pyridine rings is 1. The van der Waals surface area contributed by atoms with Gasteiger partial charge in [-0.3, -0.25) is 0 Å². The second-order valence-corrected chi connectivity index (χ2v) is 5.23. The first-order chi connectivity index (χ1) is 11.5. The third-order valence-electron chi connectivity index (χ3n) is 3.72.